The second kappa shape index (κ2) is 8.99. The van der Waals surface area contributed by atoms with Gasteiger partial charge in [-0.15, -0.1) is 0 Å². The molecular weight excluding hydrogens is 319 g/mol. The molecule has 1 amide bonds. The minimum atomic E-state index is -0.434. The van der Waals surface area contributed by atoms with Gasteiger partial charge in [-0.1, -0.05) is 24.8 Å². The van der Waals surface area contributed by atoms with Gasteiger partial charge < -0.3 is 15.0 Å². The number of quaternary nitrogens is 1. The average Bonchev–Trinajstić information content (AvgIpc) is 2.62. The molecule has 0 saturated heterocycles. The zero-order valence-electron chi connectivity index (χ0n) is 14.6. The maximum atomic E-state index is 13.6. The number of likely N-dealkylation sites (N-methyl/N-ethyl adjacent to an activating group) is 1. The topological polar surface area (TPSA) is 42.8 Å². The number of carbonyl (C=O) groups excluding carboxylic acids is 1. The lowest BCUT2D eigenvalue weighted by molar-refractivity contribution is -0.907. The van der Waals surface area contributed by atoms with Gasteiger partial charge in [0.05, 0.1) is 12.7 Å². The number of anilines is 1. The van der Waals surface area contributed by atoms with Crippen molar-refractivity contribution in [3.63, 3.8) is 0 Å². The molecule has 0 bridgehead atoms. The number of hydrogen-bond acceptors (Lipinski definition) is 2. The van der Waals surface area contributed by atoms with Crippen molar-refractivity contribution in [2.24, 2.45) is 0 Å². The Balaban J connectivity index is 1.92. The third kappa shape index (κ3) is 5.43. The van der Waals surface area contributed by atoms with Crippen molar-refractivity contribution in [2.45, 2.75) is 19.5 Å². The number of carbonyl (C=O) groups is 1. The first-order valence-corrected chi connectivity index (χ1v) is 8.21. The van der Waals surface area contributed by atoms with Gasteiger partial charge in [-0.3, -0.25) is 4.79 Å². The summed E-state index contributed by atoms with van der Waals surface area (Å²) in [6.07, 6.45) is 1.70. The summed E-state index contributed by atoms with van der Waals surface area (Å²) in [6.45, 7) is 6.58. The number of benzene rings is 2. The zero-order chi connectivity index (χ0) is 18.2. The molecule has 0 radical (unpaired) electrons. The third-order valence-corrected chi connectivity index (χ3v) is 4.04. The van der Waals surface area contributed by atoms with Gasteiger partial charge in [0, 0.05) is 5.56 Å². The second-order valence-corrected chi connectivity index (χ2v) is 5.96. The van der Waals surface area contributed by atoms with Crippen molar-refractivity contribution in [2.75, 3.05) is 19.0 Å². The van der Waals surface area contributed by atoms with Gasteiger partial charge in [-0.05, 0) is 43.3 Å². The Labute approximate surface area is 147 Å². The summed E-state index contributed by atoms with van der Waals surface area (Å²) in [5.41, 5.74) is 1.30. The number of ether oxygens (including phenoxy) is 1. The molecule has 0 saturated carbocycles. The van der Waals surface area contributed by atoms with Gasteiger partial charge in [0.2, 0.25) is 0 Å². The van der Waals surface area contributed by atoms with Crippen LogP contribution in [0.3, 0.4) is 0 Å². The van der Waals surface area contributed by atoms with Crippen molar-refractivity contribution in [3.05, 3.63) is 72.6 Å². The molecule has 0 aliphatic carbocycles. The molecule has 5 heteroatoms. The summed E-state index contributed by atoms with van der Waals surface area (Å²) < 4.78 is 19.1. The maximum absolute atomic E-state index is 13.6. The standard InChI is InChI=1S/C20H23FN2O2/c1-4-13-25-17-11-9-16(10-12-17)14-23(3)15(2)20(24)22-19-8-6-5-7-18(19)21/h4-12,15H,1,13-14H2,2-3H3,(H,22,24)/p+1/t15-/m1/s1. The first kappa shape index (κ1) is 18.7. The van der Waals surface area contributed by atoms with Gasteiger partial charge in [-0.2, -0.15) is 0 Å². The van der Waals surface area contributed by atoms with E-state index in [0.717, 1.165) is 16.2 Å². The normalized spacial score (nSPS) is 12.9. The van der Waals surface area contributed by atoms with Crippen LogP contribution in [0.1, 0.15) is 12.5 Å². The van der Waals surface area contributed by atoms with Crippen LogP contribution in [0.2, 0.25) is 0 Å². The van der Waals surface area contributed by atoms with E-state index in [1.807, 2.05) is 38.2 Å². The molecule has 0 fully saturated rings. The van der Waals surface area contributed by atoms with Crippen LogP contribution >= 0.6 is 0 Å². The van der Waals surface area contributed by atoms with Crippen molar-refractivity contribution >= 4 is 11.6 Å². The molecule has 0 aliphatic heterocycles. The lowest BCUT2D eigenvalue weighted by Gasteiger charge is -2.21. The lowest BCUT2D eigenvalue weighted by atomic mass is 10.1. The molecule has 2 rings (SSSR count). The first-order valence-electron chi connectivity index (χ1n) is 8.21. The molecule has 132 valence electrons. The number of nitrogens with one attached hydrogen (secondary N) is 2. The molecule has 2 aromatic carbocycles. The molecule has 0 spiro atoms. The fraction of sp³-hybridized carbons (Fsp3) is 0.250. The first-order chi connectivity index (χ1) is 12.0. The number of halogens is 1. The van der Waals surface area contributed by atoms with E-state index >= 15 is 0 Å². The van der Waals surface area contributed by atoms with Gasteiger partial charge in [0.25, 0.3) is 5.91 Å². The van der Waals surface area contributed by atoms with E-state index in [1.165, 1.54) is 6.07 Å². The number of hydrogen-bond donors (Lipinski definition) is 2. The summed E-state index contributed by atoms with van der Waals surface area (Å²) in [5, 5.41) is 2.64. The molecule has 25 heavy (non-hydrogen) atoms. The highest BCUT2D eigenvalue weighted by Crippen LogP contribution is 2.13. The van der Waals surface area contributed by atoms with Crippen LogP contribution in [0, 0.1) is 5.82 Å². The Morgan fingerprint density at radius 1 is 1.28 bits per heavy atom. The van der Waals surface area contributed by atoms with Crippen LogP contribution in [0.4, 0.5) is 10.1 Å². The van der Waals surface area contributed by atoms with Crippen molar-refractivity contribution < 1.29 is 18.8 Å². The zero-order valence-corrected chi connectivity index (χ0v) is 14.6. The van der Waals surface area contributed by atoms with E-state index in [2.05, 4.69) is 11.9 Å². The van der Waals surface area contributed by atoms with Crippen molar-refractivity contribution in [1.29, 1.82) is 0 Å². The monoisotopic (exact) mass is 343 g/mol. The summed E-state index contributed by atoms with van der Waals surface area (Å²) in [7, 11) is 1.94. The number of para-hydroxylation sites is 1. The lowest BCUT2D eigenvalue weighted by Crippen LogP contribution is -3.12. The van der Waals surface area contributed by atoms with Gasteiger partial charge >= 0.3 is 0 Å². The highest BCUT2D eigenvalue weighted by molar-refractivity contribution is 5.93. The van der Waals surface area contributed by atoms with Crippen molar-refractivity contribution in [3.8, 4) is 5.75 Å². The Morgan fingerprint density at radius 2 is 1.96 bits per heavy atom. The van der Waals surface area contributed by atoms with Crippen LogP contribution in [-0.2, 0) is 11.3 Å². The Hall–Kier alpha value is -2.66. The van der Waals surface area contributed by atoms with Crippen LogP contribution in [0.15, 0.2) is 61.2 Å². The van der Waals surface area contributed by atoms with E-state index in [1.54, 1.807) is 24.3 Å². The van der Waals surface area contributed by atoms with Crippen LogP contribution < -0.4 is 15.0 Å². The average molecular weight is 343 g/mol. The molecule has 0 heterocycles. The molecule has 2 N–H and O–H groups in total. The quantitative estimate of drug-likeness (QED) is 0.723. The Bertz CT molecular complexity index is 716. The van der Waals surface area contributed by atoms with E-state index in [9.17, 15) is 9.18 Å². The molecule has 2 atom stereocenters. The van der Waals surface area contributed by atoms with Crippen molar-refractivity contribution in [1.82, 2.24) is 0 Å². The Kier molecular flexibility index (Phi) is 6.71. The van der Waals surface area contributed by atoms with Gasteiger partial charge in [0.1, 0.15) is 24.7 Å². The third-order valence-electron chi connectivity index (χ3n) is 4.04. The second-order valence-electron chi connectivity index (χ2n) is 5.96. The maximum Gasteiger partial charge on any atom is 0.282 e. The smallest absolute Gasteiger partial charge is 0.282 e. The van der Waals surface area contributed by atoms with E-state index < -0.39 is 5.82 Å². The molecule has 0 aromatic heterocycles. The van der Waals surface area contributed by atoms with Crippen LogP contribution in [0.25, 0.3) is 0 Å². The summed E-state index contributed by atoms with van der Waals surface area (Å²) in [6, 6.07) is 13.6. The highest BCUT2D eigenvalue weighted by atomic mass is 19.1. The highest BCUT2D eigenvalue weighted by Gasteiger charge is 2.22. The molecule has 1 unspecified atom stereocenters. The summed E-state index contributed by atoms with van der Waals surface area (Å²) in [5.74, 6) is 0.135. The molecule has 2 aromatic rings. The van der Waals surface area contributed by atoms with Gasteiger partial charge in [0.15, 0.2) is 6.04 Å². The minimum absolute atomic E-state index is 0.205. The number of rotatable bonds is 8. The van der Waals surface area contributed by atoms with E-state index in [-0.39, 0.29) is 17.6 Å². The molecule has 0 aliphatic rings. The van der Waals surface area contributed by atoms with Crippen LogP contribution in [-0.4, -0.2) is 25.6 Å². The number of amides is 1. The largest absolute Gasteiger partial charge is 0.490 e. The minimum Gasteiger partial charge on any atom is -0.490 e. The Morgan fingerprint density at radius 3 is 2.60 bits per heavy atom. The summed E-state index contributed by atoms with van der Waals surface area (Å²) in [4.78, 5) is 13.3. The fourth-order valence-electron chi connectivity index (χ4n) is 2.36. The van der Waals surface area contributed by atoms with Gasteiger partial charge in [-0.25, -0.2) is 4.39 Å². The fourth-order valence-corrected chi connectivity index (χ4v) is 2.36. The van der Waals surface area contributed by atoms with E-state index in [4.69, 9.17) is 4.74 Å². The van der Waals surface area contributed by atoms with Crippen LogP contribution in [0.5, 0.6) is 5.75 Å². The van der Waals surface area contributed by atoms with E-state index in [0.29, 0.717) is 13.2 Å². The SMILES string of the molecule is C=CCOc1ccc(C[NH+](C)[C@H](C)C(=O)Nc2ccccc2F)cc1. The summed E-state index contributed by atoms with van der Waals surface area (Å²) >= 11 is 0. The molecule has 4 nitrogen and oxygen atoms in total. The predicted molar refractivity (Wildman–Crippen MR) is 97.2 cm³/mol. The molecular formula is C20H24FN2O2+. The predicted octanol–water partition coefficient (Wildman–Crippen LogP) is 2.43.